The number of methoxy groups -OCH3 is 1. The predicted molar refractivity (Wildman–Crippen MR) is 68.2 cm³/mol. The number of hydrogen-bond acceptors (Lipinski definition) is 3. The molecule has 0 heterocycles. The van der Waals surface area contributed by atoms with Gasteiger partial charge in [0, 0.05) is 18.1 Å². The van der Waals surface area contributed by atoms with Gasteiger partial charge in [0.2, 0.25) is 0 Å². The van der Waals surface area contributed by atoms with Crippen LogP contribution in [-0.4, -0.2) is 32.6 Å². The Morgan fingerprint density at radius 3 is 2.94 bits per heavy atom. The van der Waals surface area contributed by atoms with E-state index in [2.05, 4.69) is 21.2 Å². The molecule has 0 aliphatic carbocycles. The van der Waals surface area contributed by atoms with E-state index in [4.69, 9.17) is 16.3 Å². The number of carbonyl (C=O) groups excluding carboxylic acids is 1. The second-order valence-electron chi connectivity index (χ2n) is 3.32. The van der Waals surface area contributed by atoms with Crippen molar-refractivity contribution in [2.45, 2.75) is 0 Å². The molecule has 94 valence electrons. The number of nitrogens with one attached hydrogen (secondary N) is 1. The van der Waals surface area contributed by atoms with E-state index < -0.39 is 5.82 Å². The van der Waals surface area contributed by atoms with Gasteiger partial charge in [0.25, 0.3) is 0 Å². The van der Waals surface area contributed by atoms with Crippen LogP contribution in [-0.2, 0) is 4.74 Å². The van der Waals surface area contributed by atoms with Crippen molar-refractivity contribution in [2.75, 3.05) is 26.8 Å². The van der Waals surface area contributed by atoms with Gasteiger partial charge in [-0.05, 0) is 28.1 Å². The zero-order valence-electron chi connectivity index (χ0n) is 9.23. The zero-order chi connectivity index (χ0) is 12.8. The molecule has 0 unspecified atom stereocenters. The SMILES string of the molecule is COCCNCC(=O)c1ccc(Br)c(Cl)c1F. The minimum Gasteiger partial charge on any atom is -0.383 e. The average Bonchev–Trinajstić information content (AvgIpc) is 2.31. The number of Topliss-reactive ketones (excluding diaryl/α,β-unsaturated/α-hetero) is 1. The number of rotatable bonds is 6. The maximum Gasteiger partial charge on any atom is 0.179 e. The van der Waals surface area contributed by atoms with Crippen molar-refractivity contribution in [3.05, 3.63) is 33.0 Å². The fraction of sp³-hybridized carbons (Fsp3) is 0.364. The second kappa shape index (κ2) is 7.06. The Balaban J connectivity index is 2.66. The van der Waals surface area contributed by atoms with Crippen molar-refractivity contribution < 1.29 is 13.9 Å². The highest BCUT2D eigenvalue weighted by Crippen LogP contribution is 2.27. The highest BCUT2D eigenvalue weighted by atomic mass is 79.9. The first-order valence-electron chi connectivity index (χ1n) is 4.94. The van der Waals surface area contributed by atoms with Crippen LogP contribution in [0.1, 0.15) is 10.4 Å². The molecule has 1 aromatic rings. The normalized spacial score (nSPS) is 10.6. The number of ketones is 1. The van der Waals surface area contributed by atoms with E-state index in [1.165, 1.54) is 6.07 Å². The lowest BCUT2D eigenvalue weighted by molar-refractivity contribution is 0.0983. The van der Waals surface area contributed by atoms with E-state index in [-0.39, 0.29) is 22.9 Å². The van der Waals surface area contributed by atoms with Gasteiger partial charge in [-0.25, -0.2) is 4.39 Å². The first kappa shape index (κ1) is 14.6. The highest BCUT2D eigenvalue weighted by molar-refractivity contribution is 9.10. The predicted octanol–water partition coefficient (Wildman–Crippen LogP) is 2.66. The lowest BCUT2D eigenvalue weighted by atomic mass is 10.1. The highest BCUT2D eigenvalue weighted by Gasteiger charge is 2.15. The van der Waals surface area contributed by atoms with Crippen LogP contribution in [0.3, 0.4) is 0 Å². The molecule has 1 aromatic carbocycles. The summed E-state index contributed by atoms with van der Waals surface area (Å²) < 4.78 is 18.9. The van der Waals surface area contributed by atoms with Crippen LogP contribution < -0.4 is 5.32 Å². The Hall–Kier alpha value is -0.490. The van der Waals surface area contributed by atoms with Crippen molar-refractivity contribution in [1.82, 2.24) is 5.32 Å². The van der Waals surface area contributed by atoms with E-state index in [1.54, 1.807) is 13.2 Å². The molecule has 0 bridgehead atoms. The Bertz CT molecular complexity index is 415. The topological polar surface area (TPSA) is 38.3 Å². The lowest BCUT2D eigenvalue weighted by Gasteiger charge is -2.06. The third kappa shape index (κ3) is 4.03. The summed E-state index contributed by atoms with van der Waals surface area (Å²) in [6, 6.07) is 2.96. The summed E-state index contributed by atoms with van der Waals surface area (Å²) in [6.07, 6.45) is 0. The van der Waals surface area contributed by atoms with Gasteiger partial charge in [-0.2, -0.15) is 0 Å². The molecule has 6 heteroatoms. The molecule has 0 atom stereocenters. The first-order valence-corrected chi connectivity index (χ1v) is 6.11. The van der Waals surface area contributed by atoms with Crippen molar-refractivity contribution in [3.8, 4) is 0 Å². The van der Waals surface area contributed by atoms with Gasteiger partial charge >= 0.3 is 0 Å². The minimum atomic E-state index is -0.695. The summed E-state index contributed by atoms with van der Waals surface area (Å²) >= 11 is 8.78. The van der Waals surface area contributed by atoms with Crippen LogP contribution in [0.5, 0.6) is 0 Å². The minimum absolute atomic E-state index is 0.0110. The maximum atomic E-state index is 13.7. The van der Waals surface area contributed by atoms with E-state index in [1.807, 2.05) is 0 Å². The largest absolute Gasteiger partial charge is 0.383 e. The molecule has 0 radical (unpaired) electrons. The summed E-state index contributed by atoms with van der Waals surface area (Å²) in [5, 5.41) is 2.77. The average molecular weight is 325 g/mol. The fourth-order valence-corrected chi connectivity index (χ4v) is 1.68. The van der Waals surface area contributed by atoms with E-state index in [0.717, 1.165) is 0 Å². The van der Waals surface area contributed by atoms with Gasteiger partial charge in [-0.15, -0.1) is 0 Å². The summed E-state index contributed by atoms with van der Waals surface area (Å²) in [5.74, 6) is -1.03. The van der Waals surface area contributed by atoms with E-state index in [0.29, 0.717) is 17.6 Å². The van der Waals surface area contributed by atoms with Crippen molar-refractivity contribution in [2.24, 2.45) is 0 Å². The molecule has 0 spiro atoms. The molecule has 3 nitrogen and oxygen atoms in total. The van der Waals surface area contributed by atoms with Crippen LogP contribution >= 0.6 is 27.5 Å². The van der Waals surface area contributed by atoms with Crippen LogP contribution in [0.15, 0.2) is 16.6 Å². The lowest BCUT2D eigenvalue weighted by Crippen LogP contribution is -2.26. The molecule has 17 heavy (non-hydrogen) atoms. The molecular formula is C11H12BrClFNO2. The van der Waals surface area contributed by atoms with Crippen LogP contribution in [0.25, 0.3) is 0 Å². The molecule has 1 N–H and O–H groups in total. The van der Waals surface area contributed by atoms with Crippen LogP contribution in [0, 0.1) is 5.82 Å². The van der Waals surface area contributed by atoms with Crippen LogP contribution in [0.2, 0.25) is 5.02 Å². The molecule has 0 saturated carbocycles. The first-order chi connectivity index (χ1) is 8.07. The van der Waals surface area contributed by atoms with Gasteiger partial charge in [0.15, 0.2) is 11.6 Å². The maximum absolute atomic E-state index is 13.7. The van der Waals surface area contributed by atoms with E-state index >= 15 is 0 Å². The molecule has 1 rings (SSSR count). The molecule has 0 aromatic heterocycles. The standard InChI is InChI=1S/C11H12BrClFNO2/c1-17-5-4-15-6-9(16)7-2-3-8(12)10(13)11(7)14/h2-3,15H,4-6H2,1H3. The Morgan fingerprint density at radius 1 is 1.59 bits per heavy atom. The fourth-order valence-electron chi connectivity index (χ4n) is 1.21. The Morgan fingerprint density at radius 2 is 2.29 bits per heavy atom. The van der Waals surface area contributed by atoms with E-state index in [9.17, 15) is 9.18 Å². The van der Waals surface area contributed by atoms with Crippen molar-refractivity contribution >= 4 is 33.3 Å². The van der Waals surface area contributed by atoms with Gasteiger partial charge in [-0.3, -0.25) is 4.79 Å². The summed E-state index contributed by atoms with van der Waals surface area (Å²) in [4.78, 5) is 11.7. The number of benzene rings is 1. The van der Waals surface area contributed by atoms with Gasteiger partial charge in [0.1, 0.15) is 0 Å². The summed E-state index contributed by atoms with van der Waals surface area (Å²) in [6.45, 7) is 1.09. The quantitative estimate of drug-likeness (QED) is 0.497. The smallest absolute Gasteiger partial charge is 0.179 e. The molecule has 0 fully saturated rings. The van der Waals surface area contributed by atoms with Crippen molar-refractivity contribution in [1.29, 1.82) is 0 Å². The molecule has 0 saturated heterocycles. The third-order valence-corrected chi connectivity index (χ3v) is 3.36. The summed E-state index contributed by atoms with van der Waals surface area (Å²) in [7, 11) is 1.57. The molecule has 0 amide bonds. The molecular weight excluding hydrogens is 312 g/mol. The van der Waals surface area contributed by atoms with Gasteiger partial charge < -0.3 is 10.1 Å². The zero-order valence-corrected chi connectivity index (χ0v) is 11.6. The molecule has 0 aliphatic heterocycles. The number of carbonyl (C=O) groups is 1. The number of hydrogen-bond donors (Lipinski definition) is 1. The van der Waals surface area contributed by atoms with Gasteiger partial charge in [0.05, 0.1) is 23.7 Å². The monoisotopic (exact) mass is 323 g/mol. The number of halogens is 3. The summed E-state index contributed by atoms with van der Waals surface area (Å²) in [5.41, 5.74) is -0.0110. The Kier molecular flexibility index (Phi) is 6.05. The third-order valence-electron chi connectivity index (χ3n) is 2.10. The molecule has 0 aliphatic rings. The Labute approximate surface area is 112 Å². The second-order valence-corrected chi connectivity index (χ2v) is 4.55. The number of ether oxygens (including phenoxy) is 1. The van der Waals surface area contributed by atoms with Gasteiger partial charge in [-0.1, -0.05) is 11.6 Å². The van der Waals surface area contributed by atoms with Crippen LogP contribution in [0.4, 0.5) is 4.39 Å². The van der Waals surface area contributed by atoms with Crippen molar-refractivity contribution in [3.63, 3.8) is 0 Å².